The van der Waals surface area contributed by atoms with Gasteiger partial charge in [0, 0.05) is 97.8 Å². The molecule has 4 rings (SSSR count). The van der Waals surface area contributed by atoms with E-state index in [9.17, 15) is 9.59 Å². The molecule has 0 fully saturated rings. The van der Waals surface area contributed by atoms with Crippen molar-refractivity contribution >= 4 is 57.7 Å². The SMILES string of the molecule is COc1ccccc1/C=C/c1cccc[n+]1CCCC(=O)NCCSSCCNC(=O)CCC[n+]1ccccc1/C=C/c1ccccc1OC.[Cl-].[Cl-]. The quantitative estimate of drug-likeness (QED) is 0.0729. The summed E-state index contributed by atoms with van der Waals surface area (Å²) in [6.45, 7) is 2.76. The highest BCUT2D eigenvalue weighted by Crippen LogP contribution is 2.21. The molecule has 0 unspecified atom stereocenters. The number of hydrogen-bond acceptors (Lipinski definition) is 6. The molecule has 0 saturated heterocycles. The minimum atomic E-state index is 0. The van der Waals surface area contributed by atoms with E-state index in [1.807, 2.05) is 97.3 Å². The van der Waals surface area contributed by atoms with E-state index < -0.39 is 0 Å². The molecule has 12 heteroatoms. The second kappa shape index (κ2) is 25.9. The lowest BCUT2D eigenvalue weighted by molar-refractivity contribution is -0.699. The van der Waals surface area contributed by atoms with Crippen LogP contribution in [0, 0.1) is 0 Å². The Morgan fingerprint density at radius 3 is 1.42 bits per heavy atom. The maximum absolute atomic E-state index is 12.4. The third-order valence-corrected chi connectivity index (χ3v) is 10.2. The van der Waals surface area contributed by atoms with E-state index in [-0.39, 0.29) is 36.6 Å². The van der Waals surface area contributed by atoms with E-state index in [1.54, 1.807) is 35.8 Å². The van der Waals surface area contributed by atoms with Gasteiger partial charge in [-0.2, -0.15) is 9.13 Å². The summed E-state index contributed by atoms with van der Waals surface area (Å²) < 4.78 is 15.2. The summed E-state index contributed by atoms with van der Waals surface area (Å²) in [4.78, 5) is 24.8. The molecule has 2 heterocycles. The molecule has 4 aromatic rings. The number of carbonyl (C=O) groups is 2. The Hall–Kier alpha value is -3.96. The predicted molar refractivity (Wildman–Crippen MR) is 207 cm³/mol. The summed E-state index contributed by atoms with van der Waals surface area (Å²) in [6, 6.07) is 28.0. The number of rotatable bonds is 21. The van der Waals surface area contributed by atoms with Crippen molar-refractivity contribution in [1.29, 1.82) is 0 Å². The maximum atomic E-state index is 12.4. The average molecular weight is 784 g/mol. The molecule has 0 spiro atoms. The first-order valence-corrected chi connectivity index (χ1v) is 19.4. The first-order valence-electron chi connectivity index (χ1n) is 16.9. The number of pyridine rings is 2. The zero-order valence-corrected chi connectivity index (χ0v) is 32.9. The van der Waals surface area contributed by atoms with Crippen LogP contribution in [0.4, 0.5) is 0 Å². The van der Waals surface area contributed by atoms with E-state index in [2.05, 4.69) is 44.1 Å². The van der Waals surface area contributed by atoms with E-state index >= 15 is 0 Å². The van der Waals surface area contributed by atoms with Gasteiger partial charge in [-0.05, 0) is 36.4 Å². The van der Waals surface area contributed by atoms with Crippen LogP contribution in [0.5, 0.6) is 11.5 Å². The standard InChI is InChI=1S/C40H46N4O4S2.2ClH/c1-47-37-17-5-3-13-33(37)21-23-35-15-7-9-27-43(35)29-11-19-39(45)41-25-31-49-50-32-26-42-40(46)20-12-30-44-28-10-8-16-36(44)24-22-34-14-4-6-18-38(34)48-2;;/h3-10,13-18,21-24,27-28H,11-12,19-20,25-26,29-32H2,1-2H3;2*1H/b23-21+,24-22+;;. The van der Waals surface area contributed by atoms with E-state index in [0.717, 1.165) is 71.5 Å². The first kappa shape index (κ1) is 44.2. The highest BCUT2D eigenvalue weighted by molar-refractivity contribution is 8.76. The van der Waals surface area contributed by atoms with Gasteiger partial charge in [0.25, 0.3) is 0 Å². The third-order valence-electron chi connectivity index (χ3n) is 7.80. The number of para-hydroxylation sites is 2. The van der Waals surface area contributed by atoms with Gasteiger partial charge in [0.05, 0.1) is 14.2 Å². The molecule has 0 atom stereocenters. The summed E-state index contributed by atoms with van der Waals surface area (Å²) in [5.74, 6) is 3.44. The van der Waals surface area contributed by atoms with Crippen molar-refractivity contribution in [2.45, 2.75) is 38.8 Å². The van der Waals surface area contributed by atoms with Crippen molar-refractivity contribution in [1.82, 2.24) is 10.6 Å². The Balaban J connectivity index is 0.00000468. The zero-order chi connectivity index (χ0) is 35.2. The van der Waals surface area contributed by atoms with Crippen LogP contribution in [0.25, 0.3) is 24.3 Å². The van der Waals surface area contributed by atoms with Gasteiger partial charge in [-0.15, -0.1) is 0 Å². The van der Waals surface area contributed by atoms with Gasteiger partial charge in [0.2, 0.25) is 23.2 Å². The summed E-state index contributed by atoms with van der Waals surface area (Å²) in [7, 11) is 6.77. The lowest BCUT2D eigenvalue weighted by Gasteiger charge is -2.06. The molecule has 8 nitrogen and oxygen atoms in total. The minimum Gasteiger partial charge on any atom is -1.00 e. The fourth-order valence-electron chi connectivity index (χ4n) is 5.23. The van der Waals surface area contributed by atoms with E-state index in [1.165, 1.54) is 0 Å². The lowest BCUT2D eigenvalue weighted by Crippen LogP contribution is -3.00. The smallest absolute Gasteiger partial charge is 0.220 e. The van der Waals surface area contributed by atoms with E-state index in [0.29, 0.717) is 25.9 Å². The van der Waals surface area contributed by atoms with Crippen LogP contribution in [-0.2, 0) is 22.7 Å². The van der Waals surface area contributed by atoms with Crippen molar-refractivity contribution in [2.75, 3.05) is 38.8 Å². The largest absolute Gasteiger partial charge is 1.00 e. The van der Waals surface area contributed by atoms with Crippen LogP contribution < -0.4 is 54.1 Å². The molecule has 0 aliphatic carbocycles. The number of amides is 2. The van der Waals surface area contributed by atoms with Gasteiger partial charge in [0.1, 0.15) is 24.6 Å². The summed E-state index contributed by atoms with van der Waals surface area (Å²) >= 11 is 0. The first-order chi connectivity index (χ1) is 24.6. The molecule has 0 radical (unpaired) electrons. The molecular weight excluding hydrogens is 736 g/mol. The molecule has 0 aliphatic heterocycles. The predicted octanol–water partition coefficient (Wildman–Crippen LogP) is 0.502. The summed E-state index contributed by atoms with van der Waals surface area (Å²) in [5.41, 5.74) is 4.17. The Morgan fingerprint density at radius 1 is 0.596 bits per heavy atom. The molecule has 52 heavy (non-hydrogen) atoms. The number of hydrogen-bond donors (Lipinski definition) is 2. The van der Waals surface area contributed by atoms with Crippen molar-refractivity contribution in [3.63, 3.8) is 0 Å². The second-order valence-electron chi connectivity index (χ2n) is 11.3. The van der Waals surface area contributed by atoms with Gasteiger partial charge in [-0.3, -0.25) is 9.59 Å². The molecule has 0 bridgehead atoms. The van der Waals surface area contributed by atoms with Crippen LogP contribution in [-0.4, -0.2) is 50.6 Å². The highest BCUT2D eigenvalue weighted by Gasteiger charge is 2.11. The number of aromatic nitrogens is 2. The number of methoxy groups -OCH3 is 2. The van der Waals surface area contributed by atoms with Gasteiger partial charge >= 0.3 is 0 Å². The summed E-state index contributed by atoms with van der Waals surface area (Å²) in [6.07, 6.45) is 14.8. The van der Waals surface area contributed by atoms with Gasteiger partial charge in [-0.25, -0.2) is 0 Å². The normalized spacial score (nSPS) is 10.7. The van der Waals surface area contributed by atoms with Crippen molar-refractivity contribution < 1.29 is 53.0 Å². The number of carbonyl (C=O) groups excluding carboxylic acids is 2. The van der Waals surface area contributed by atoms with Gasteiger partial charge in [0.15, 0.2) is 12.4 Å². The number of nitrogens with zero attached hydrogens (tertiary/aromatic N) is 2. The Bertz CT molecular complexity index is 1600. The lowest BCUT2D eigenvalue weighted by atomic mass is 10.1. The Labute approximate surface area is 328 Å². The van der Waals surface area contributed by atoms with Crippen LogP contribution in [0.2, 0.25) is 0 Å². The van der Waals surface area contributed by atoms with E-state index in [4.69, 9.17) is 9.47 Å². The molecule has 0 saturated carbocycles. The van der Waals surface area contributed by atoms with Crippen LogP contribution >= 0.6 is 21.6 Å². The zero-order valence-electron chi connectivity index (χ0n) is 29.7. The van der Waals surface area contributed by atoms with Crippen LogP contribution in [0.3, 0.4) is 0 Å². The number of halogens is 2. The Kier molecular flexibility index (Phi) is 22.0. The second-order valence-corrected chi connectivity index (χ2v) is 14.0. The monoisotopic (exact) mass is 782 g/mol. The molecule has 2 aromatic heterocycles. The average Bonchev–Trinajstić information content (AvgIpc) is 3.15. The fourth-order valence-corrected chi connectivity index (χ4v) is 7.04. The topological polar surface area (TPSA) is 84.4 Å². The van der Waals surface area contributed by atoms with Crippen molar-refractivity contribution in [2.24, 2.45) is 0 Å². The minimum absolute atomic E-state index is 0. The molecule has 2 aromatic carbocycles. The number of benzene rings is 2. The molecule has 278 valence electrons. The van der Waals surface area contributed by atoms with Crippen molar-refractivity contribution in [3.05, 3.63) is 120 Å². The third kappa shape index (κ3) is 15.7. The van der Waals surface area contributed by atoms with Crippen molar-refractivity contribution in [3.8, 4) is 11.5 Å². The number of ether oxygens (including phenoxy) is 2. The maximum Gasteiger partial charge on any atom is 0.220 e. The van der Waals surface area contributed by atoms with Crippen LogP contribution in [0.15, 0.2) is 97.3 Å². The number of nitrogens with one attached hydrogen (secondary N) is 2. The number of aryl methyl sites for hydroxylation is 2. The molecule has 2 amide bonds. The fraction of sp³-hybridized carbons (Fsp3) is 0.300. The summed E-state index contributed by atoms with van der Waals surface area (Å²) in [5, 5.41) is 6.04. The van der Waals surface area contributed by atoms with Gasteiger partial charge in [-0.1, -0.05) is 58.0 Å². The molecular formula is C40H48Cl2N4O4S2. The van der Waals surface area contributed by atoms with Gasteiger partial charge < -0.3 is 44.9 Å². The molecule has 0 aliphatic rings. The molecule has 2 N–H and O–H groups in total. The highest BCUT2D eigenvalue weighted by atomic mass is 35.5. The van der Waals surface area contributed by atoms with Crippen LogP contribution in [0.1, 0.15) is 48.2 Å². The Morgan fingerprint density at radius 2 is 1.00 bits per heavy atom.